The molecule has 0 spiro atoms. The quantitative estimate of drug-likeness (QED) is 0.150. The first-order valence-corrected chi connectivity index (χ1v) is 28.9. The van der Waals surface area contributed by atoms with E-state index in [1.807, 2.05) is 225 Å². The van der Waals surface area contributed by atoms with Crippen LogP contribution in [-0.2, 0) is 16.9 Å². The van der Waals surface area contributed by atoms with Crippen molar-refractivity contribution in [2.75, 3.05) is 0 Å². The molecule has 0 atom stereocenters. The topological polar surface area (TPSA) is 91.1 Å². The summed E-state index contributed by atoms with van der Waals surface area (Å²) < 4.78 is 35.8. The zero-order chi connectivity index (χ0) is 56.4. The van der Waals surface area contributed by atoms with Gasteiger partial charge in [-0.3, -0.25) is 0 Å². The molecule has 7 nitrogen and oxygen atoms in total. The Labute approximate surface area is 437 Å². The van der Waals surface area contributed by atoms with Crippen LogP contribution in [0.2, 0.25) is 0 Å². The van der Waals surface area contributed by atoms with E-state index >= 15 is 0 Å². The molecule has 0 fully saturated rings. The first-order valence-electron chi connectivity index (χ1n) is 26.4. The number of nitrogens with zero attached hydrogens (tertiary/aromatic N) is 3. The average Bonchev–Trinajstić information content (AvgIpc) is 4.37. The number of rotatable bonds is 0. The van der Waals surface area contributed by atoms with Crippen molar-refractivity contribution in [1.82, 2.24) is 14.8 Å². The molecule has 9 rings (SSSR count). The van der Waals surface area contributed by atoms with E-state index in [0.717, 1.165) is 11.1 Å². The number of thiophene rings is 1. The number of furan rings is 1. The molecule has 0 radical (unpaired) electrons. The molecule has 0 N–H and O–H groups in total. The molecule has 4 aromatic carbocycles. The predicted octanol–water partition coefficient (Wildman–Crippen LogP) is 21.9. The summed E-state index contributed by atoms with van der Waals surface area (Å²) in [5.74, 6) is 1.25. The largest absolute Gasteiger partial charge is 0.473 e. The van der Waals surface area contributed by atoms with Crippen LogP contribution in [0.5, 0.6) is 0 Å². The summed E-state index contributed by atoms with van der Waals surface area (Å²) in [5.41, 5.74) is 4.23. The molecule has 70 heavy (non-hydrogen) atoms. The van der Waals surface area contributed by atoms with Crippen molar-refractivity contribution in [3.8, 4) is 11.1 Å². The summed E-state index contributed by atoms with van der Waals surface area (Å²) in [5, 5.41) is 14.0. The summed E-state index contributed by atoms with van der Waals surface area (Å²) in [7, 11) is -1.15. The molecule has 0 unspecified atom stereocenters. The van der Waals surface area contributed by atoms with E-state index in [-0.39, 0.29) is 0 Å². The molecule has 0 bridgehead atoms. The first-order chi connectivity index (χ1) is 34.4. The van der Waals surface area contributed by atoms with E-state index < -0.39 is 9.84 Å². The Hall–Kier alpha value is -5.25. The second-order valence-corrected chi connectivity index (χ2v) is 12.7. The Bertz CT molecular complexity index is 2040. The molecule has 9 heteroatoms. The molecule has 0 saturated heterocycles. The molecular formula is C61H105N3O4S2. The van der Waals surface area contributed by atoms with Gasteiger partial charge < -0.3 is 13.4 Å². The van der Waals surface area contributed by atoms with Crippen molar-refractivity contribution in [3.63, 3.8) is 0 Å². The highest BCUT2D eigenvalue weighted by Crippen LogP contribution is 2.42. The molecule has 8 aromatic rings. The normalized spacial score (nSPS) is 8.73. The van der Waals surface area contributed by atoms with Crippen molar-refractivity contribution in [2.45, 2.75) is 190 Å². The van der Waals surface area contributed by atoms with Crippen molar-refractivity contribution >= 4 is 43.0 Å². The van der Waals surface area contributed by atoms with Crippen LogP contribution < -0.4 is 0 Å². The standard InChI is InChI=1S/C13H11N.C12H8O2S.C4H6N2O.C4H4O.C4H4S.12C2H6/c1-14-12-8-4-2-6-10(12)11-7-3-5-9-13(11)14;13-15(14)11-7-3-1-5-9(11)10-6-2-4-8-12(10)15;1-3-5-6-4(2)7-3;2*1-2-4-5-3-1;12*1-2/h2-9H,1H3;1-8H;1-2H3;2*1-4H;12*1-2H3. The van der Waals surface area contributed by atoms with Crippen LogP contribution in [0.15, 0.2) is 163 Å². The third-order valence-electron chi connectivity index (χ3n) is 6.94. The predicted molar refractivity (Wildman–Crippen MR) is 321 cm³/mol. The molecular weight excluding hydrogens is 903 g/mol. The van der Waals surface area contributed by atoms with E-state index in [9.17, 15) is 8.42 Å². The summed E-state index contributed by atoms with van der Waals surface area (Å²) in [6.07, 6.45) is 3.25. The molecule has 1 aliphatic rings. The lowest BCUT2D eigenvalue weighted by Gasteiger charge is -1.95. The zero-order valence-corrected chi connectivity index (χ0v) is 51.3. The van der Waals surface area contributed by atoms with E-state index in [1.165, 1.54) is 21.8 Å². The first kappa shape index (κ1) is 81.7. The van der Waals surface area contributed by atoms with Gasteiger partial charge in [-0.05, 0) is 47.2 Å². The summed E-state index contributed by atoms with van der Waals surface area (Å²) in [6.45, 7) is 51.5. The van der Waals surface area contributed by atoms with Crippen molar-refractivity contribution in [1.29, 1.82) is 0 Å². The number of hydrogen-bond acceptors (Lipinski definition) is 7. The second-order valence-electron chi connectivity index (χ2n) is 10.0. The smallest absolute Gasteiger partial charge is 0.213 e. The fraction of sp³-hybridized carbons (Fsp3) is 0.443. The Kier molecular flexibility index (Phi) is 74.4. The van der Waals surface area contributed by atoms with Gasteiger partial charge >= 0.3 is 0 Å². The Morgan fingerprint density at radius 1 is 0.400 bits per heavy atom. The minimum absolute atomic E-state index is 0.422. The fourth-order valence-corrected chi connectivity index (χ4v) is 7.07. The van der Waals surface area contributed by atoms with Crippen LogP contribution in [0.3, 0.4) is 0 Å². The number of aromatic nitrogens is 3. The lowest BCUT2D eigenvalue weighted by molar-refractivity contribution is 0.489. The van der Waals surface area contributed by atoms with Gasteiger partial charge in [-0.2, -0.15) is 11.3 Å². The SMILES string of the molecule is CC.CC.CC.CC.CC.CC.CC.CC.CC.CC.CC.CC.Cc1nnc(C)o1.Cn1c2ccccc2c2ccccc21.O=S1(=O)c2ccccc2-c2ccccc21.c1ccoc1.c1ccsc1. The monoisotopic (exact) mass is 1010 g/mol. The number of fused-ring (bicyclic) bond motifs is 6. The number of hydrogen-bond donors (Lipinski definition) is 0. The van der Waals surface area contributed by atoms with Crippen LogP contribution in [0, 0.1) is 13.8 Å². The van der Waals surface area contributed by atoms with Gasteiger partial charge in [0.2, 0.25) is 21.6 Å². The Balaban J connectivity index is -0.000000107. The van der Waals surface area contributed by atoms with Gasteiger partial charge in [0.05, 0.1) is 22.3 Å². The Morgan fingerprint density at radius 3 is 0.929 bits per heavy atom. The van der Waals surface area contributed by atoms with E-state index in [0.29, 0.717) is 21.6 Å². The van der Waals surface area contributed by atoms with Crippen LogP contribution in [0.4, 0.5) is 0 Å². The third kappa shape index (κ3) is 32.5. The zero-order valence-electron chi connectivity index (χ0n) is 49.6. The van der Waals surface area contributed by atoms with Gasteiger partial charge in [0, 0.05) is 53.8 Å². The van der Waals surface area contributed by atoms with E-state index in [2.05, 4.69) is 74.8 Å². The number of sulfone groups is 1. The Morgan fingerprint density at radius 2 is 0.686 bits per heavy atom. The van der Waals surface area contributed by atoms with Gasteiger partial charge in [0.15, 0.2) is 0 Å². The van der Waals surface area contributed by atoms with Crippen LogP contribution in [0.25, 0.3) is 32.9 Å². The van der Waals surface area contributed by atoms with Crippen molar-refractivity contribution < 1.29 is 17.3 Å². The van der Waals surface area contributed by atoms with Gasteiger partial charge in [0.25, 0.3) is 0 Å². The summed E-state index contributed by atoms with van der Waals surface area (Å²) >= 11 is 1.71. The molecule has 0 saturated carbocycles. The molecule has 1 aliphatic heterocycles. The van der Waals surface area contributed by atoms with Crippen LogP contribution in [0.1, 0.15) is 178 Å². The maximum absolute atomic E-state index is 12.1. The highest BCUT2D eigenvalue weighted by Gasteiger charge is 2.31. The molecule has 0 aliphatic carbocycles. The lowest BCUT2D eigenvalue weighted by atomic mass is 10.1. The number of aryl methyl sites for hydroxylation is 3. The maximum Gasteiger partial charge on any atom is 0.213 e. The van der Waals surface area contributed by atoms with Crippen molar-refractivity contribution in [2.24, 2.45) is 7.05 Å². The molecule has 5 heterocycles. The minimum Gasteiger partial charge on any atom is -0.473 e. The highest BCUT2D eigenvalue weighted by molar-refractivity contribution is 7.92. The minimum atomic E-state index is -3.26. The van der Waals surface area contributed by atoms with Crippen LogP contribution in [-0.4, -0.2) is 23.2 Å². The number of para-hydroxylation sites is 2. The lowest BCUT2D eigenvalue weighted by Crippen LogP contribution is -1.95. The van der Waals surface area contributed by atoms with E-state index in [4.69, 9.17) is 4.42 Å². The van der Waals surface area contributed by atoms with Gasteiger partial charge in [-0.1, -0.05) is 251 Å². The second kappa shape index (κ2) is 63.8. The fourth-order valence-electron chi connectivity index (χ4n) is 4.93. The molecule has 0 amide bonds. The van der Waals surface area contributed by atoms with Gasteiger partial charge in [-0.25, -0.2) is 8.42 Å². The molecule has 4 aromatic heterocycles. The van der Waals surface area contributed by atoms with E-state index in [1.54, 1.807) is 62.0 Å². The van der Waals surface area contributed by atoms with Crippen molar-refractivity contribution in [3.05, 3.63) is 156 Å². The molecule has 400 valence electrons. The van der Waals surface area contributed by atoms with Gasteiger partial charge in [0.1, 0.15) is 0 Å². The average molecular weight is 1010 g/mol. The van der Waals surface area contributed by atoms with Gasteiger partial charge in [-0.15, -0.1) is 10.2 Å². The maximum atomic E-state index is 12.1. The summed E-state index contributed by atoms with van der Waals surface area (Å²) in [6, 6.07) is 39.0. The number of benzene rings is 4. The third-order valence-corrected chi connectivity index (χ3v) is 9.44. The highest BCUT2D eigenvalue weighted by atomic mass is 32.2. The van der Waals surface area contributed by atoms with Crippen LogP contribution >= 0.6 is 11.3 Å². The summed E-state index contributed by atoms with van der Waals surface area (Å²) in [4.78, 5) is 0.845.